The Morgan fingerprint density at radius 2 is 2.14 bits per heavy atom. The van der Waals surface area contributed by atoms with Crippen LogP contribution in [-0.2, 0) is 13.6 Å². The Hall–Kier alpha value is -2.70. The van der Waals surface area contributed by atoms with E-state index < -0.39 is 5.97 Å². The summed E-state index contributed by atoms with van der Waals surface area (Å²) in [6.45, 7) is 0.307. The highest BCUT2D eigenvalue weighted by Crippen LogP contribution is 2.29. The molecule has 2 rings (SSSR count). The van der Waals surface area contributed by atoms with Crippen molar-refractivity contribution < 1.29 is 19.4 Å². The van der Waals surface area contributed by atoms with Crippen molar-refractivity contribution in [3.63, 3.8) is 0 Å². The second-order valence-corrected chi connectivity index (χ2v) is 4.35. The number of carboxylic acid groups (broad SMARTS) is 1. The van der Waals surface area contributed by atoms with E-state index in [2.05, 4.69) is 10.4 Å². The third-order valence-corrected chi connectivity index (χ3v) is 3.14. The number of carboxylic acids is 1. The number of aromatic carboxylic acids is 1. The molecule has 0 atom stereocenters. The summed E-state index contributed by atoms with van der Waals surface area (Å²) in [5, 5.41) is 16.2. The first-order chi connectivity index (χ1) is 10.1. The molecule has 0 aliphatic carbocycles. The van der Waals surface area contributed by atoms with Crippen LogP contribution < -0.4 is 14.8 Å². The van der Waals surface area contributed by atoms with Gasteiger partial charge in [0.1, 0.15) is 17.1 Å². The molecule has 1 aromatic carbocycles. The van der Waals surface area contributed by atoms with Crippen molar-refractivity contribution >= 4 is 11.7 Å². The number of rotatable bonds is 6. The Morgan fingerprint density at radius 1 is 1.38 bits per heavy atom. The average Bonchev–Trinajstić information content (AvgIpc) is 2.86. The minimum absolute atomic E-state index is 0.173. The fraction of sp³-hybridized carbons (Fsp3) is 0.286. The first-order valence-electron chi connectivity index (χ1n) is 6.27. The lowest BCUT2D eigenvalue weighted by molar-refractivity contribution is 0.0695. The van der Waals surface area contributed by atoms with Gasteiger partial charge in [0.05, 0.1) is 38.3 Å². The van der Waals surface area contributed by atoms with Gasteiger partial charge in [-0.05, 0) is 12.1 Å². The molecule has 0 unspecified atom stereocenters. The van der Waals surface area contributed by atoms with Crippen LogP contribution in [0.1, 0.15) is 16.1 Å². The Kier molecular flexibility index (Phi) is 4.32. The molecule has 7 nitrogen and oxygen atoms in total. The van der Waals surface area contributed by atoms with Crippen molar-refractivity contribution in [2.75, 3.05) is 19.5 Å². The van der Waals surface area contributed by atoms with Crippen LogP contribution in [0, 0.1) is 0 Å². The standard InChI is InChI=1S/C14H17N3O4/c1-17-12(10(7-16-17)14(18)19)8-15-11-6-9(20-2)4-5-13(11)21-3/h4-7,15H,8H2,1-3H3,(H,18,19). The van der Waals surface area contributed by atoms with E-state index in [0.717, 1.165) is 5.69 Å². The van der Waals surface area contributed by atoms with E-state index in [1.54, 1.807) is 39.5 Å². The molecule has 0 bridgehead atoms. The second kappa shape index (κ2) is 6.17. The molecule has 0 aliphatic rings. The number of aryl methyl sites for hydroxylation is 1. The lowest BCUT2D eigenvalue weighted by atomic mass is 10.2. The number of ether oxygens (including phenoxy) is 2. The van der Waals surface area contributed by atoms with E-state index >= 15 is 0 Å². The SMILES string of the molecule is COc1ccc(OC)c(NCc2c(C(=O)O)cnn2C)c1. The van der Waals surface area contributed by atoms with Gasteiger partial charge in [0.2, 0.25) is 0 Å². The predicted octanol–water partition coefficient (Wildman–Crippen LogP) is 1.75. The topological polar surface area (TPSA) is 85.6 Å². The molecule has 21 heavy (non-hydrogen) atoms. The van der Waals surface area contributed by atoms with Gasteiger partial charge in [0.25, 0.3) is 0 Å². The normalized spacial score (nSPS) is 10.2. The van der Waals surface area contributed by atoms with E-state index in [1.165, 1.54) is 10.9 Å². The molecule has 0 saturated carbocycles. The van der Waals surface area contributed by atoms with Gasteiger partial charge in [-0.15, -0.1) is 0 Å². The van der Waals surface area contributed by atoms with Crippen molar-refractivity contribution in [2.45, 2.75) is 6.54 Å². The van der Waals surface area contributed by atoms with Gasteiger partial charge in [0, 0.05) is 13.1 Å². The second-order valence-electron chi connectivity index (χ2n) is 4.35. The number of methoxy groups -OCH3 is 2. The molecule has 1 heterocycles. The molecule has 0 aliphatic heterocycles. The van der Waals surface area contributed by atoms with Crippen molar-refractivity contribution in [1.82, 2.24) is 9.78 Å². The Balaban J connectivity index is 2.24. The molecule has 112 valence electrons. The Labute approximate surface area is 122 Å². The van der Waals surface area contributed by atoms with Gasteiger partial charge in [-0.1, -0.05) is 0 Å². The smallest absolute Gasteiger partial charge is 0.339 e. The summed E-state index contributed by atoms with van der Waals surface area (Å²) in [4.78, 5) is 11.1. The van der Waals surface area contributed by atoms with E-state index in [0.29, 0.717) is 23.7 Å². The molecular formula is C14H17N3O4. The molecule has 7 heteroatoms. The number of hydrogen-bond acceptors (Lipinski definition) is 5. The number of nitrogens with one attached hydrogen (secondary N) is 1. The maximum Gasteiger partial charge on any atom is 0.339 e. The number of hydrogen-bond donors (Lipinski definition) is 2. The highest BCUT2D eigenvalue weighted by Gasteiger charge is 2.15. The third-order valence-electron chi connectivity index (χ3n) is 3.14. The summed E-state index contributed by atoms with van der Waals surface area (Å²) in [6.07, 6.45) is 1.34. The monoisotopic (exact) mass is 291 g/mol. The lowest BCUT2D eigenvalue weighted by Gasteiger charge is -2.13. The van der Waals surface area contributed by atoms with Crippen LogP contribution in [0.3, 0.4) is 0 Å². The fourth-order valence-corrected chi connectivity index (χ4v) is 1.98. The molecule has 0 fully saturated rings. The predicted molar refractivity (Wildman–Crippen MR) is 77.0 cm³/mol. The summed E-state index contributed by atoms with van der Waals surface area (Å²) in [7, 11) is 4.85. The van der Waals surface area contributed by atoms with E-state index in [9.17, 15) is 4.79 Å². The van der Waals surface area contributed by atoms with Gasteiger partial charge < -0.3 is 19.9 Å². The van der Waals surface area contributed by atoms with Crippen molar-refractivity contribution in [3.05, 3.63) is 35.7 Å². The van der Waals surface area contributed by atoms with Crippen molar-refractivity contribution in [2.24, 2.45) is 7.05 Å². The molecule has 0 saturated heterocycles. The summed E-state index contributed by atoms with van der Waals surface area (Å²) >= 11 is 0. The molecule has 0 radical (unpaired) electrons. The van der Waals surface area contributed by atoms with Crippen LogP contribution in [0.25, 0.3) is 0 Å². The largest absolute Gasteiger partial charge is 0.497 e. The van der Waals surface area contributed by atoms with Gasteiger partial charge in [0.15, 0.2) is 0 Å². The zero-order chi connectivity index (χ0) is 15.4. The van der Waals surface area contributed by atoms with Crippen molar-refractivity contribution in [1.29, 1.82) is 0 Å². The minimum Gasteiger partial charge on any atom is -0.497 e. The first-order valence-corrected chi connectivity index (χ1v) is 6.27. The van der Waals surface area contributed by atoms with Crippen LogP contribution in [0.4, 0.5) is 5.69 Å². The van der Waals surface area contributed by atoms with Crippen LogP contribution in [-0.4, -0.2) is 35.1 Å². The van der Waals surface area contributed by atoms with Crippen LogP contribution in [0.2, 0.25) is 0 Å². The van der Waals surface area contributed by atoms with Gasteiger partial charge in [-0.25, -0.2) is 4.79 Å². The number of anilines is 1. The molecule has 1 aromatic heterocycles. The number of aromatic nitrogens is 2. The highest BCUT2D eigenvalue weighted by atomic mass is 16.5. The number of nitrogens with zero attached hydrogens (tertiary/aromatic N) is 2. The van der Waals surface area contributed by atoms with Crippen LogP contribution >= 0.6 is 0 Å². The average molecular weight is 291 g/mol. The molecule has 2 aromatic rings. The van der Waals surface area contributed by atoms with Crippen LogP contribution in [0.15, 0.2) is 24.4 Å². The fourth-order valence-electron chi connectivity index (χ4n) is 1.98. The third kappa shape index (κ3) is 3.07. The maximum atomic E-state index is 11.1. The first kappa shape index (κ1) is 14.7. The van der Waals surface area contributed by atoms with Gasteiger partial charge in [-0.3, -0.25) is 4.68 Å². The zero-order valence-electron chi connectivity index (χ0n) is 12.1. The summed E-state index contributed by atoms with van der Waals surface area (Å²) in [5.41, 5.74) is 1.47. The summed E-state index contributed by atoms with van der Waals surface area (Å²) in [6, 6.07) is 5.36. The Morgan fingerprint density at radius 3 is 2.76 bits per heavy atom. The minimum atomic E-state index is -1.00. The van der Waals surface area contributed by atoms with Gasteiger partial charge >= 0.3 is 5.97 Å². The van der Waals surface area contributed by atoms with E-state index in [1.807, 2.05) is 0 Å². The molecule has 2 N–H and O–H groups in total. The number of benzene rings is 1. The Bertz CT molecular complexity index is 652. The number of carbonyl (C=O) groups is 1. The molecule has 0 spiro atoms. The van der Waals surface area contributed by atoms with E-state index in [4.69, 9.17) is 14.6 Å². The maximum absolute atomic E-state index is 11.1. The highest BCUT2D eigenvalue weighted by molar-refractivity contribution is 5.88. The summed E-state index contributed by atoms with van der Waals surface area (Å²) < 4.78 is 12.0. The van der Waals surface area contributed by atoms with Crippen LogP contribution in [0.5, 0.6) is 11.5 Å². The molecular weight excluding hydrogens is 274 g/mol. The van der Waals surface area contributed by atoms with E-state index in [-0.39, 0.29) is 5.56 Å². The lowest BCUT2D eigenvalue weighted by Crippen LogP contribution is -2.10. The molecule has 0 amide bonds. The van der Waals surface area contributed by atoms with Crippen molar-refractivity contribution in [3.8, 4) is 11.5 Å². The van der Waals surface area contributed by atoms with Gasteiger partial charge in [-0.2, -0.15) is 5.10 Å². The zero-order valence-corrected chi connectivity index (χ0v) is 12.1. The summed E-state index contributed by atoms with van der Waals surface area (Å²) in [5.74, 6) is 0.328. The quantitative estimate of drug-likeness (QED) is 0.843.